The molecule has 0 saturated heterocycles. The van der Waals surface area contributed by atoms with E-state index >= 15 is 0 Å². The third-order valence-corrected chi connectivity index (χ3v) is 2.63. The molecule has 0 bridgehead atoms. The predicted molar refractivity (Wildman–Crippen MR) is 64.2 cm³/mol. The molecule has 1 aliphatic rings. The minimum absolute atomic E-state index is 0.0567. The summed E-state index contributed by atoms with van der Waals surface area (Å²) in [5, 5.41) is 8.56. The van der Waals surface area contributed by atoms with Gasteiger partial charge in [-0.05, 0) is 5.56 Å². The van der Waals surface area contributed by atoms with Crippen LogP contribution in [0.4, 0.5) is 0 Å². The van der Waals surface area contributed by atoms with Gasteiger partial charge in [-0.1, -0.05) is 30.3 Å². The molecule has 4 nitrogen and oxygen atoms in total. The van der Waals surface area contributed by atoms with Crippen LogP contribution >= 0.6 is 0 Å². The fourth-order valence-electron chi connectivity index (χ4n) is 1.81. The van der Waals surface area contributed by atoms with Crippen LogP contribution < -0.4 is 0 Å². The third-order valence-electron chi connectivity index (χ3n) is 2.63. The van der Waals surface area contributed by atoms with Gasteiger partial charge in [0.1, 0.15) is 6.10 Å². The first-order chi connectivity index (χ1) is 8.24. The van der Waals surface area contributed by atoms with Crippen molar-refractivity contribution in [2.24, 2.45) is 4.99 Å². The van der Waals surface area contributed by atoms with Gasteiger partial charge in [-0.25, -0.2) is 0 Å². The highest BCUT2D eigenvalue weighted by atomic mass is 16.5. The average Bonchev–Trinajstić information content (AvgIpc) is 2.75. The maximum atomic E-state index is 10.4. The molecule has 0 fully saturated rings. The maximum absolute atomic E-state index is 10.4. The Bertz CT molecular complexity index is 414. The Kier molecular flexibility index (Phi) is 3.75. The lowest BCUT2D eigenvalue weighted by molar-refractivity contribution is -0.136. The maximum Gasteiger partial charge on any atom is 0.303 e. The minimum Gasteiger partial charge on any atom is -0.481 e. The van der Waals surface area contributed by atoms with Crippen molar-refractivity contribution in [2.75, 3.05) is 6.54 Å². The van der Waals surface area contributed by atoms with E-state index in [1.807, 2.05) is 18.2 Å². The van der Waals surface area contributed by atoms with E-state index in [2.05, 4.69) is 17.1 Å². The van der Waals surface area contributed by atoms with Crippen LogP contribution in [-0.2, 0) is 16.0 Å². The van der Waals surface area contributed by atoms with Crippen LogP contribution in [-0.4, -0.2) is 29.6 Å². The van der Waals surface area contributed by atoms with Gasteiger partial charge in [0.25, 0.3) is 0 Å². The van der Waals surface area contributed by atoms with Crippen LogP contribution in [0.25, 0.3) is 0 Å². The Morgan fingerprint density at radius 2 is 2.18 bits per heavy atom. The second-order valence-electron chi connectivity index (χ2n) is 4.06. The lowest BCUT2D eigenvalue weighted by Crippen LogP contribution is -2.16. The summed E-state index contributed by atoms with van der Waals surface area (Å²) in [5.41, 5.74) is 1.21. The van der Waals surface area contributed by atoms with Gasteiger partial charge in [-0.2, -0.15) is 0 Å². The van der Waals surface area contributed by atoms with Crippen molar-refractivity contribution in [1.29, 1.82) is 0 Å². The Morgan fingerprint density at radius 1 is 1.41 bits per heavy atom. The van der Waals surface area contributed by atoms with Crippen LogP contribution in [0.1, 0.15) is 18.4 Å². The summed E-state index contributed by atoms with van der Waals surface area (Å²) in [6.45, 7) is 0.629. The average molecular weight is 233 g/mol. The first-order valence-electron chi connectivity index (χ1n) is 5.70. The summed E-state index contributed by atoms with van der Waals surface area (Å²) in [6.07, 6.45) is 1.35. The second-order valence-corrected chi connectivity index (χ2v) is 4.06. The molecular formula is C13H15NO3. The van der Waals surface area contributed by atoms with E-state index in [-0.39, 0.29) is 12.5 Å². The van der Waals surface area contributed by atoms with E-state index in [1.165, 1.54) is 5.56 Å². The fourth-order valence-corrected chi connectivity index (χ4v) is 1.81. The number of hydrogen-bond acceptors (Lipinski definition) is 3. The number of hydrogen-bond donors (Lipinski definition) is 1. The number of benzene rings is 1. The zero-order valence-electron chi connectivity index (χ0n) is 9.50. The summed E-state index contributed by atoms with van der Waals surface area (Å²) in [6, 6.07) is 10.1. The normalized spacial score (nSPS) is 18.6. The van der Waals surface area contributed by atoms with Crippen LogP contribution in [0.5, 0.6) is 0 Å². The lowest BCUT2D eigenvalue weighted by Gasteiger charge is -2.10. The Balaban J connectivity index is 1.79. The topological polar surface area (TPSA) is 58.9 Å². The molecule has 1 unspecified atom stereocenters. The van der Waals surface area contributed by atoms with Crippen molar-refractivity contribution in [3.8, 4) is 0 Å². The number of carbonyl (C=O) groups is 1. The Hall–Kier alpha value is -1.84. The standard InChI is InChI=1S/C13H15NO3/c15-13(16)7-6-12-14-9-11(17-12)8-10-4-2-1-3-5-10/h1-5,11H,6-9H2,(H,15,16). The van der Waals surface area contributed by atoms with Crippen LogP contribution in [0.2, 0.25) is 0 Å². The van der Waals surface area contributed by atoms with Crippen LogP contribution in [0.3, 0.4) is 0 Å². The first kappa shape index (κ1) is 11.6. The quantitative estimate of drug-likeness (QED) is 0.844. The van der Waals surface area contributed by atoms with E-state index in [9.17, 15) is 4.79 Å². The fraction of sp³-hybridized carbons (Fsp3) is 0.385. The largest absolute Gasteiger partial charge is 0.481 e. The molecule has 0 aliphatic carbocycles. The minimum atomic E-state index is -0.817. The van der Waals surface area contributed by atoms with Crippen molar-refractivity contribution in [3.05, 3.63) is 35.9 Å². The number of rotatable bonds is 5. The molecule has 1 aromatic rings. The van der Waals surface area contributed by atoms with Gasteiger partial charge >= 0.3 is 5.97 Å². The van der Waals surface area contributed by atoms with E-state index in [0.717, 1.165) is 6.42 Å². The monoisotopic (exact) mass is 233 g/mol. The molecule has 0 radical (unpaired) electrons. The highest BCUT2D eigenvalue weighted by Gasteiger charge is 2.20. The zero-order chi connectivity index (χ0) is 12.1. The van der Waals surface area contributed by atoms with Gasteiger partial charge in [0.2, 0.25) is 0 Å². The molecule has 1 aromatic carbocycles. The smallest absolute Gasteiger partial charge is 0.303 e. The number of carboxylic acids is 1. The second kappa shape index (κ2) is 5.48. The van der Waals surface area contributed by atoms with E-state index in [1.54, 1.807) is 0 Å². The number of aliphatic carboxylic acids is 1. The number of nitrogens with zero attached hydrogens (tertiary/aromatic N) is 1. The SMILES string of the molecule is O=C(O)CCC1=NCC(Cc2ccccc2)O1. The van der Waals surface area contributed by atoms with Gasteiger partial charge in [0, 0.05) is 12.8 Å². The van der Waals surface area contributed by atoms with Gasteiger partial charge in [0.15, 0.2) is 5.90 Å². The predicted octanol–water partition coefficient (Wildman–Crippen LogP) is 1.89. The van der Waals surface area contributed by atoms with Gasteiger partial charge in [-0.15, -0.1) is 0 Å². The molecule has 1 N–H and O–H groups in total. The zero-order valence-corrected chi connectivity index (χ0v) is 9.50. The number of carboxylic acid groups (broad SMARTS) is 1. The molecule has 0 amide bonds. The summed E-state index contributed by atoms with van der Waals surface area (Å²) < 4.78 is 5.60. The molecule has 90 valence electrons. The Morgan fingerprint density at radius 3 is 2.88 bits per heavy atom. The van der Waals surface area contributed by atoms with E-state index in [4.69, 9.17) is 9.84 Å². The molecule has 0 spiro atoms. The molecule has 1 heterocycles. The lowest BCUT2D eigenvalue weighted by atomic mass is 10.1. The molecule has 0 aromatic heterocycles. The summed E-state index contributed by atoms with van der Waals surface area (Å²) in [5.74, 6) is -0.240. The molecular weight excluding hydrogens is 218 g/mol. The van der Waals surface area contributed by atoms with Gasteiger partial charge in [0.05, 0.1) is 13.0 Å². The van der Waals surface area contributed by atoms with Crippen molar-refractivity contribution in [2.45, 2.75) is 25.4 Å². The molecule has 1 atom stereocenters. The Labute approximate surface area is 99.9 Å². The third kappa shape index (κ3) is 3.59. The summed E-state index contributed by atoms with van der Waals surface area (Å²) in [7, 11) is 0. The van der Waals surface area contributed by atoms with Crippen LogP contribution in [0, 0.1) is 0 Å². The van der Waals surface area contributed by atoms with Crippen molar-refractivity contribution >= 4 is 11.9 Å². The first-order valence-corrected chi connectivity index (χ1v) is 5.70. The van der Waals surface area contributed by atoms with Crippen LogP contribution in [0.15, 0.2) is 35.3 Å². The molecule has 2 rings (SSSR count). The summed E-state index contributed by atoms with van der Waals surface area (Å²) in [4.78, 5) is 14.6. The van der Waals surface area contributed by atoms with Gasteiger partial charge in [-0.3, -0.25) is 9.79 Å². The molecule has 1 aliphatic heterocycles. The number of aliphatic imine (C=N–C) groups is 1. The van der Waals surface area contributed by atoms with E-state index < -0.39 is 5.97 Å². The highest BCUT2D eigenvalue weighted by Crippen LogP contribution is 2.14. The van der Waals surface area contributed by atoms with Crippen molar-refractivity contribution in [1.82, 2.24) is 0 Å². The van der Waals surface area contributed by atoms with Gasteiger partial charge < -0.3 is 9.84 Å². The molecule has 4 heteroatoms. The molecule has 0 saturated carbocycles. The molecule has 17 heavy (non-hydrogen) atoms. The van der Waals surface area contributed by atoms with Crippen molar-refractivity contribution in [3.63, 3.8) is 0 Å². The van der Waals surface area contributed by atoms with Crippen molar-refractivity contribution < 1.29 is 14.6 Å². The number of ether oxygens (including phenoxy) is 1. The highest BCUT2D eigenvalue weighted by molar-refractivity contribution is 5.81. The summed E-state index contributed by atoms with van der Waals surface area (Å²) >= 11 is 0. The van der Waals surface area contributed by atoms with E-state index in [0.29, 0.717) is 18.9 Å².